The highest BCUT2D eigenvalue weighted by Gasteiger charge is 2.17. The normalized spacial score (nSPS) is 20.0. The van der Waals surface area contributed by atoms with E-state index in [9.17, 15) is 9.50 Å². The monoisotopic (exact) mass is 364 g/mol. The number of likely N-dealkylation sites (tertiary alicyclic amines) is 1. The summed E-state index contributed by atoms with van der Waals surface area (Å²) >= 11 is 0. The molecule has 2 rings (SSSR count). The van der Waals surface area contributed by atoms with Crippen molar-refractivity contribution >= 4 is 5.96 Å². The summed E-state index contributed by atoms with van der Waals surface area (Å²) in [4.78, 5) is 6.95. The standard InChI is InChI=1S/C20H33FN4O/c1-3-22-20(23-12-8-14-25-13-7-6-9-16(25)2)24-15-19(26)17-10-4-5-11-18(17)21/h4-5,10-11,16,19,26H,3,6-9,12-15H2,1-2H3,(H2,22,23,24). The van der Waals surface area contributed by atoms with Gasteiger partial charge in [-0.2, -0.15) is 0 Å². The molecule has 1 fully saturated rings. The highest BCUT2D eigenvalue weighted by atomic mass is 19.1. The molecule has 1 aromatic rings. The van der Waals surface area contributed by atoms with E-state index in [4.69, 9.17) is 0 Å². The van der Waals surface area contributed by atoms with E-state index in [0.717, 1.165) is 26.1 Å². The van der Waals surface area contributed by atoms with Gasteiger partial charge in [-0.1, -0.05) is 24.6 Å². The second-order valence-electron chi connectivity index (χ2n) is 6.92. The second kappa shape index (κ2) is 11.1. The first-order chi connectivity index (χ1) is 12.6. The van der Waals surface area contributed by atoms with E-state index >= 15 is 0 Å². The lowest BCUT2D eigenvalue weighted by molar-refractivity contribution is 0.159. The fourth-order valence-corrected chi connectivity index (χ4v) is 3.34. The van der Waals surface area contributed by atoms with Gasteiger partial charge in [0.15, 0.2) is 5.96 Å². The molecule has 0 radical (unpaired) electrons. The summed E-state index contributed by atoms with van der Waals surface area (Å²) in [5.41, 5.74) is 0.284. The number of aliphatic hydroxyl groups is 1. The van der Waals surface area contributed by atoms with Crippen molar-refractivity contribution in [2.24, 2.45) is 4.99 Å². The number of nitrogens with one attached hydrogen (secondary N) is 2. The van der Waals surface area contributed by atoms with Crippen molar-refractivity contribution < 1.29 is 9.50 Å². The number of aliphatic hydroxyl groups excluding tert-OH is 1. The van der Waals surface area contributed by atoms with Crippen molar-refractivity contribution in [3.8, 4) is 0 Å². The average Bonchev–Trinajstić information content (AvgIpc) is 2.64. The first-order valence-electron chi connectivity index (χ1n) is 9.80. The Balaban J connectivity index is 1.78. The molecule has 5 nitrogen and oxygen atoms in total. The number of halogens is 1. The Labute approximate surface area is 156 Å². The van der Waals surface area contributed by atoms with Gasteiger partial charge in [0.05, 0.1) is 6.54 Å². The van der Waals surface area contributed by atoms with Crippen LogP contribution in [0.25, 0.3) is 0 Å². The fraction of sp³-hybridized carbons (Fsp3) is 0.650. The van der Waals surface area contributed by atoms with Gasteiger partial charge in [-0.15, -0.1) is 0 Å². The maximum Gasteiger partial charge on any atom is 0.191 e. The minimum atomic E-state index is -0.944. The maximum absolute atomic E-state index is 13.7. The number of aliphatic imine (C=N–C) groups is 1. The van der Waals surface area contributed by atoms with Crippen LogP contribution in [-0.4, -0.2) is 54.7 Å². The SMILES string of the molecule is CCNC(=NCC(O)c1ccccc1F)NCCCN1CCCCC1C. The first kappa shape index (κ1) is 20.6. The molecular weight excluding hydrogens is 331 g/mol. The van der Waals surface area contributed by atoms with Gasteiger partial charge in [0.1, 0.15) is 11.9 Å². The molecule has 1 aliphatic heterocycles. The van der Waals surface area contributed by atoms with Crippen LogP contribution in [0, 0.1) is 5.82 Å². The fourth-order valence-electron chi connectivity index (χ4n) is 3.34. The predicted octanol–water partition coefficient (Wildman–Crippen LogP) is 2.68. The molecule has 0 aliphatic carbocycles. The molecule has 0 amide bonds. The number of piperidine rings is 1. The van der Waals surface area contributed by atoms with E-state index in [2.05, 4.69) is 27.4 Å². The number of benzene rings is 1. The molecule has 146 valence electrons. The molecule has 6 heteroatoms. The third-order valence-corrected chi connectivity index (χ3v) is 4.89. The smallest absolute Gasteiger partial charge is 0.191 e. The first-order valence-corrected chi connectivity index (χ1v) is 9.80. The van der Waals surface area contributed by atoms with Gasteiger partial charge in [-0.25, -0.2) is 4.39 Å². The van der Waals surface area contributed by atoms with Gasteiger partial charge in [0.2, 0.25) is 0 Å². The number of hydrogen-bond acceptors (Lipinski definition) is 3. The van der Waals surface area contributed by atoms with Crippen LogP contribution in [0.5, 0.6) is 0 Å². The Morgan fingerprint density at radius 3 is 2.88 bits per heavy atom. The highest BCUT2D eigenvalue weighted by Crippen LogP contribution is 2.17. The van der Waals surface area contributed by atoms with E-state index in [0.29, 0.717) is 12.0 Å². The Bertz CT molecular complexity index is 566. The van der Waals surface area contributed by atoms with Crippen LogP contribution < -0.4 is 10.6 Å². The largest absolute Gasteiger partial charge is 0.386 e. The zero-order chi connectivity index (χ0) is 18.8. The molecule has 26 heavy (non-hydrogen) atoms. The van der Waals surface area contributed by atoms with Gasteiger partial charge < -0.3 is 20.6 Å². The molecule has 0 aromatic heterocycles. The summed E-state index contributed by atoms with van der Waals surface area (Å²) in [6, 6.07) is 6.96. The number of guanidine groups is 1. The third kappa shape index (κ3) is 6.57. The topological polar surface area (TPSA) is 59.9 Å². The molecule has 1 aromatic carbocycles. The molecule has 2 atom stereocenters. The lowest BCUT2D eigenvalue weighted by Crippen LogP contribution is -2.41. The van der Waals surface area contributed by atoms with Gasteiger partial charge in [0, 0.05) is 31.2 Å². The lowest BCUT2D eigenvalue weighted by atomic mass is 10.0. The van der Waals surface area contributed by atoms with E-state index in [1.165, 1.54) is 31.9 Å². The lowest BCUT2D eigenvalue weighted by Gasteiger charge is -2.33. The van der Waals surface area contributed by atoms with Crippen LogP contribution in [0.2, 0.25) is 0 Å². The van der Waals surface area contributed by atoms with E-state index in [1.807, 2.05) is 6.92 Å². The van der Waals surface area contributed by atoms with E-state index < -0.39 is 11.9 Å². The van der Waals surface area contributed by atoms with Crippen LogP contribution in [0.3, 0.4) is 0 Å². The van der Waals surface area contributed by atoms with Gasteiger partial charge in [-0.3, -0.25) is 4.99 Å². The summed E-state index contributed by atoms with van der Waals surface area (Å²) in [6.07, 6.45) is 4.05. The quantitative estimate of drug-likeness (QED) is 0.377. The Kier molecular flexibility index (Phi) is 8.85. The third-order valence-electron chi connectivity index (χ3n) is 4.89. The van der Waals surface area contributed by atoms with Crippen molar-refractivity contribution in [3.63, 3.8) is 0 Å². The van der Waals surface area contributed by atoms with E-state index in [-0.39, 0.29) is 12.1 Å². The summed E-state index contributed by atoms with van der Waals surface area (Å²) in [7, 11) is 0. The summed E-state index contributed by atoms with van der Waals surface area (Å²) < 4.78 is 13.7. The van der Waals surface area contributed by atoms with Crippen molar-refractivity contribution in [3.05, 3.63) is 35.6 Å². The molecule has 1 saturated heterocycles. The molecule has 2 unspecified atom stereocenters. The Hall–Kier alpha value is -1.66. The number of nitrogens with zero attached hydrogens (tertiary/aromatic N) is 2. The highest BCUT2D eigenvalue weighted by molar-refractivity contribution is 5.79. The molecule has 0 bridgehead atoms. The van der Waals surface area contributed by atoms with Crippen molar-refractivity contribution in [2.45, 2.75) is 51.7 Å². The van der Waals surface area contributed by atoms with Crippen LogP contribution in [0.1, 0.15) is 51.2 Å². The average molecular weight is 365 g/mol. The summed E-state index contributed by atoms with van der Waals surface area (Å²) in [6.45, 7) is 8.28. The Morgan fingerprint density at radius 2 is 2.15 bits per heavy atom. The van der Waals surface area contributed by atoms with Crippen LogP contribution in [-0.2, 0) is 0 Å². The van der Waals surface area contributed by atoms with Crippen molar-refractivity contribution in [1.82, 2.24) is 15.5 Å². The van der Waals surface area contributed by atoms with Gasteiger partial charge >= 0.3 is 0 Å². The van der Waals surface area contributed by atoms with Crippen LogP contribution >= 0.6 is 0 Å². The molecule has 1 aliphatic rings. The van der Waals surface area contributed by atoms with Gasteiger partial charge in [-0.05, 0) is 45.7 Å². The van der Waals surface area contributed by atoms with E-state index in [1.54, 1.807) is 18.2 Å². The molecular formula is C20H33FN4O. The van der Waals surface area contributed by atoms with Crippen molar-refractivity contribution in [1.29, 1.82) is 0 Å². The Morgan fingerprint density at radius 1 is 1.35 bits per heavy atom. The zero-order valence-corrected chi connectivity index (χ0v) is 16.0. The maximum atomic E-state index is 13.7. The molecule has 0 saturated carbocycles. The minimum absolute atomic E-state index is 0.124. The van der Waals surface area contributed by atoms with Crippen LogP contribution in [0.15, 0.2) is 29.3 Å². The summed E-state index contributed by atoms with van der Waals surface area (Å²) in [5, 5.41) is 16.7. The zero-order valence-electron chi connectivity index (χ0n) is 16.0. The molecule has 1 heterocycles. The predicted molar refractivity (Wildman–Crippen MR) is 105 cm³/mol. The van der Waals surface area contributed by atoms with Gasteiger partial charge in [0.25, 0.3) is 0 Å². The summed E-state index contributed by atoms with van der Waals surface area (Å²) in [5.74, 6) is 0.262. The second-order valence-corrected chi connectivity index (χ2v) is 6.92. The number of rotatable bonds is 8. The van der Waals surface area contributed by atoms with Crippen LogP contribution in [0.4, 0.5) is 4.39 Å². The van der Waals surface area contributed by atoms with Crippen molar-refractivity contribution in [2.75, 3.05) is 32.7 Å². The molecule has 3 N–H and O–H groups in total. The number of hydrogen-bond donors (Lipinski definition) is 3. The molecule has 0 spiro atoms. The minimum Gasteiger partial charge on any atom is -0.386 e.